The number of carbonyl (C=O) groups is 1. The highest BCUT2D eigenvalue weighted by atomic mass is 16.1. The third-order valence-electron chi connectivity index (χ3n) is 3.92. The normalized spacial score (nSPS) is 19.7. The van der Waals surface area contributed by atoms with Crippen molar-refractivity contribution in [1.29, 1.82) is 0 Å². The molecule has 3 rings (SSSR count). The predicted molar refractivity (Wildman–Crippen MR) is 75.3 cm³/mol. The zero-order valence-electron chi connectivity index (χ0n) is 11.2. The lowest BCUT2D eigenvalue weighted by Crippen LogP contribution is -2.31. The summed E-state index contributed by atoms with van der Waals surface area (Å²) in [5.74, 6) is 0.724. The first-order chi connectivity index (χ1) is 9.24. The zero-order valence-corrected chi connectivity index (χ0v) is 11.2. The molecule has 19 heavy (non-hydrogen) atoms. The average Bonchev–Trinajstić information content (AvgIpc) is 2.81. The molecule has 1 aliphatic heterocycles. The van der Waals surface area contributed by atoms with E-state index >= 15 is 0 Å². The Labute approximate surface area is 112 Å². The maximum atomic E-state index is 12.3. The SMILES string of the molecule is Cn1cnc2cc(C(=O)CC3CCCNC3)ccc21. The number of hydrogen-bond acceptors (Lipinski definition) is 3. The molecule has 100 valence electrons. The Balaban J connectivity index is 1.77. The van der Waals surface area contributed by atoms with Gasteiger partial charge in [0.2, 0.25) is 0 Å². The number of imidazole rings is 1. The molecule has 2 aromatic rings. The van der Waals surface area contributed by atoms with Crippen LogP contribution in [0.4, 0.5) is 0 Å². The van der Waals surface area contributed by atoms with Crippen molar-refractivity contribution in [1.82, 2.24) is 14.9 Å². The monoisotopic (exact) mass is 257 g/mol. The number of nitrogens with one attached hydrogen (secondary N) is 1. The van der Waals surface area contributed by atoms with Gasteiger partial charge >= 0.3 is 0 Å². The van der Waals surface area contributed by atoms with Crippen molar-refractivity contribution in [3.63, 3.8) is 0 Å². The third-order valence-corrected chi connectivity index (χ3v) is 3.92. The number of hydrogen-bond donors (Lipinski definition) is 1. The molecule has 0 radical (unpaired) electrons. The highest BCUT2D eigenvalue weighted by molar-refractivity contribution is 5.99. The smallest absolute Gasteiger partial charge is 0.163 e. The fourth-order valence-corrected chi connectivity index (χ4v) is 2.79. The van der Waals surface area contributed by atoms with E-state index in [-0.39, 0.29) is 5.78 Å². The lowest BCUT2D eigenvalue weighted by atomic mass is 9.92. The first-order valence-electron chi connectivity index (χ1n) is 6.89. The largest absolute Gasteiger partial charge is 0.334 e. The molecule has 1 N–H and O–H groups in total. The fraction of sp³-hybridized carbons (Fsp3) is 0.467. The Morgan fingerprint density at radius 3 is 3.21 bits per heavy atom. The van der Waals surface area contributed by atoms with Crippen LogP contribution in [0.5, 0.6) is 0 Å². The number of Topliss-reactive ketones (excluding diaryl/α,β-unsaturated/α-hetero) is 1. The molecule has 4 nitrogen and oxygen atoms in total. The van der Waals surface area contributed by atoms with Crippen LogP contribution < -0.4 is 5.32 Å². The second kappa shape index (κ2) is 5.13. The number of benzene rings is 1. The molecule has 4 heteroatoms. The number of aryl methyl sites for hydroxylation is 1. The van der Waals surface area contributed by atoms with E-state index in [9.17, 15) is 4.79 Å². The summed E-state index contributed by atoms with van der Waals surface area (Å²) in [5.41, 5.74) is 2.75. The van der Waals surface area contributed by atoms with Gasteiger partial charge in [0.25, 0.3) is 0 Å². The van der Waals surface area contributed by atoms with Gasteiger partial charge in [-0.15, -0.1) is 0 Å². The summed E-state index contributed by atoms with van der Waals surface area (Å²) < 4.78 is 1.97. The number of carbonyl (C=O) groups excluding carboxylic acids is 1. The second-order valence-corrected chi connectivity index (χ2v) is 5.40. The molecular formula is C15H19N3O. The van der Waals surface area contributed by atoms with Crippen LogP contribution in [0.2, 0.25) is 0 Å². The highest BCUT2D eigenvalue weighted by Crippen LogP contribution is 2.19. The minimum atomic E-state index is 0.237. The Hall–Kier alpha value is -1.68. The molecule has 1 fully saturated rings. The van der Waals surface area contributed by atoms with Crippen molar-refractivity contribution in [2.24, 2.45) is 13.0 Å². The van der Waals surface area contributed by atoms with Crippen molar-refractivity contribution in [2.45, 2.75) is 19.3 Å². The molecule has 0 aliphatic carbocycles. The van der Waals surface area contributed by atoms with Crippen LogP contribution in [0, 0.1) is 5.92 Å². The maximum Gasteiger partial charge on any atom is 0.163 e. The van der Waals surface area contributed by atoms with Crippen LogP contribution in [0.25, 0.3) is 11.0 Å². The van der Waals surface area contributed by atoms with E-state index in [1.54, 1.807) is 6.33 Å². The first kappa shape index (κ1) is 12.4. The van der Waals surface area contributed by atoms with E-state index in [1.807, 2.05) is 29.8 Å². The molecule has 0 saturated carbocycles. The van der Waals surface area contributed by atoms with Gasteiger partial charge < -0.3 is 9.88 Å². The summed E-state index contributed by atoms with van der Waals surface area (Å²) >= 11 is 0. The van der Waals surface area contributed by atoms with Gasteiger partial charge in [0.05, 0.1) is 17.4 Å². The van der Waals surface area contributed by atoms with E-state index in [0.717, 1.165) is 36.1 Å². The van der Waals surface area contributed by atoms with Crippen molar-refractivity contribution < 1.29 is 4.79 Å². The van der Waals surface area contributed by atoms with E-state index in [2.05, 4.69) is 10.3 Å². The van der Waals surface area contributed by atoms with Crippen LogP contribution >= 0.6 is 0 Å². The molecule has 1 unspecified atom stereocenters. The van der Waals surface area contributed by atoms with Gasteiger partial charge in [-0.3, -0.25) is 4.79 Å². The summed E-state index contributed by atoms with van der Waals surface area (Å²) in [6, 6.07) is 5.81. The Morgan fingerprint density at radius 2 is 2.42 bits per heavy atom. The van der Waals surface area contributed by atoms with Crippen LogP contribution in [0.15, 0.2) is 24.5 Å². The summed E-state index contributed by atoms with van der Waals surface area (Å²) in [4.78, 5) is 16.6. The zero-order chi connectivity index (χ0) is 13.2. The quantitative estimate of drug-likeness (QED) is 0.857. The molecule has 1 atom stereocenters. The van der Waals surface area contributed by atoms with Gasteiger partial charge in [0.1, 0.15) is 0 Å². The Bertz CT molecular complexity index is 596. The summed E-state index contributed by atoms with van der Waals surface area (Å²) in [5, 5.41) is 3.36. The van der Waals surface area contributed by atoms with Gasteiger partial charge in [0, 0.05) is 19.0 Å². The van der Waals surface area contributed by atoms with Gasteiger partial charge in [-0.1, -0.05) is 0 Å². The van der Waals surface area contributed by atoms with Crippen molar-refractivity contribution in [2.75, 3.05) is 13.1 Å². The molecule has 0 bridgehead atoms. The van der Waals surface area contributed by atoms with Crippen LogP contribution in [-0.2, 0) is 7.05 Å². The van der Waals surface area contributed by atoms with Gasteiger partial charge in [-0.2, -0.15) is 0 Å². The van der Waals surface area contributed by atoms with E-state index in [0.29, 0.717) is 12.3 Å². The minimum absolute atomic E-state index is 0.237. The molecule has 1 aromatic carbocycles. The summed E-state index contributed by atoms with van der Waals surface area (Å²) in [7, 11) is 1.96. The number of rotatable bonds is 3. The molecule has 2 heterocycles. The average molecular weight is 257 g/mol. The van der Waals surface area contributed by atoms with E-state index < -0.39 is 0 Å². The maximum absolute atomic E-state index is 12.3. The van der Waals surface area contributed by atoms with Gasteiger partial charge in [-0.05, 0) is 50.0 Å². The van der Waals surface area contributed by atoms with E-state index in [1.165, 1.54) is 6.42 Å². The van der Waals surface area contributed by atoms with Crippen LogP contribution in [0.1, 0.15) is 29.6 Å². The molecule has 1 saturated heterocycles. The number of aromatic nitrogens is 2. The second-order valence-electron chi connectivity index (χ2n) is 5.40. The minimum Gasteiger partial charge on any atom is -0.334 e. The standard InChI is InChI=1S/C15H19N3O/c1-18-10-17-13-8-12(4-5-14(13)18)15(19)7-11-3-2-6-16-9-11/h4-5,8,10-11,16H,2-3,6-7,9H2,1H3. The number of fused-ring (bicyclic) bond motifs is 1. The number of nitrogens with zero attached hydrogens (tertiary/aromatic N) is 2. The van der Waals surface area contributed by atoms with Crippen LogP contribution in [-0.4, -0.2) is 28.4 Å². The predicted octanol–water partition coefficient (Wildman–Crippen LogP) is 2.15. The first-order valence-corrected chi connectivity index (χ1v) is 6.89. The number of piperidine rings is 1. The third kappa shape index (κ3) is 2.54. The molecule has 0 spiro atoms. The topological polar surface area (TPSA) is 46.9 Å². The van der Waals surface area contributed by atoms with Crippen molar-refractivity contribution in [3.05, 3.63) is 30.1 Å². The van der Waals surface area contributed by atoms with Crippen LogP contribution in [0.3, 0.4) is 0 Å². The van der Waals surface area contributed by atoms with E-state index in [4.69, 9.17) is 0 Å². The van der Waals surface area contributed by atoms with Crippen molar-refractivity contribution >= 4 is 16.8 Å². The molecule has 1 aliphatic rings. The van der Waals surface area contributed by atoms with Gasteiger partial charge in [-0.25, -0.2) is 4.98 Å². The summed E-state index contributed by atoms with van der Waals surface area (Å²) in [6.45, 7) is 2.06. The van der Waals surface area contributed by atoms with Crippen molar-refractivity contribution in [3.8, 4) is 0 Å². The lowest BCUT2D eigenvalue weighted by Gasteiger charge is -2.21. The molecule has 1 aromatic heterocycles. The summed E-state index contributed by atoms with van der Waals surface area (Å²) in [6.07, 6.45) is 4.76. The fourth-order valence-electron chi connectivity index (χ4n) is 2.79. The lowest BCUT2D eigenvalue weighted by molar-refractivity contribution is 0.0954. The Morgan fingerprint density at radius 1 is 1.53 bits per heavy atom. The number of ketones is 1. The highest BCUT2D eigenvalue weighted by Gasteiger charge is 2.18. The Kier molecular flexibility index (Phi) is 3.34. The van der Waals surface area contributed by atoms with Gasteiger partial charge in [0.15, 0.2) is 5.78 Å². The molecular weight excluding hydrogens is 238 g/mol. The molecule has 0 amide bonds.